The van der Waals surface area contributed by atoms with Crippen LogP contribution in [0.2, 0.25) is 0 Å². The molecule has 1 aliphatic heterocycles. The highest BCUT2D eigenvalue weighted by Crippen LogP contribution is 2.14. The molecule has 1 N–H and O–H groups in total. The van der Waals surface area contributed by atoms with Crippen molar-refractivity contribution in [2.45, 2.75) is 40.7 Å². The maximum absolute atomic E-state index is 12.7. The summed E-state index contributed by atoms with van der Waals surface area (Å²) in [6.45, 7) is 10.1. The largest absolute Gasteiger partial charge is 0.352 e. The lowest BCUT2D eigenvalue weighted by Gasteiger charge is -2.21. The molecule has 6 nitrogen and oxygen atoms in total. The topological polar surface area (TPSA) is 69.7 Å². The van der Waals surface area contributed by atoms with E-state index in [1.807, 2.05) is 32.9 Å². The van der Waals surface area contributed by atoms with E-state index in [0.29, 0.717) is 38.3 Å². The summed E-state index contributed by atoms with van der Waals surface area (Å²) in [5, 5.41) is 2.90. The number of benzene rings is 1. The summed E-state index contributed by atoms with van der Waals surface area (Å²) in [6.07, 6.45) is 0.794. The van der Waals surface area contributed by atoms with Gasteiger partial charge in [0.25, 0.3) is 5.91 Å². The highest BCUT2D eigenvalue weighted by molar-refractivity contribution is 5.94. The third kappa shape index (κ3) is 5.31. The molecule has 1 heterocycles. The number of carbonyl (C=O) groups is 3. The summed E-state index contributed by atoms with van der Waals surface area (Å²) >= 11 is 0. The lowest BCUT2D eigenvalue weighted by Crippen LogP contribution is -2.36. The van der Waals surface area contributed by atoms with Crippen LogP contribution in [0.15, 0.2) is 24.3 Å². The molecule has 0 bridgehead atoms. The van der Waals surface area contributed by atoms with Crippen LogP contribution in [0.3, 0.4) is 0 Å². The number of hydrogen-bond acceptors (Lipinski definition) is 3. The second kappa shape index (κ2) is 8.34. The Labute approximate surface area is 155 Å². The van der Waals surface area contributed by atoms with E-state index in [1.165, 1.54) is 0 Å². The molecule has 1 aromatic rings. The Morgan fingerprint density at radius 1 is 0.962 bits per heavy atom. The van der Waals surface area contributed by atoms with Crippen LogP contribution in [0.4, 0.5) is 0 Å². The van der Waals surface area contributed by atoms with Gasteiger partial charge in [0.2, 0.25) is 11.8 Å². The minimum atomic E-state index is -0.420. The van der Waals surface area contributed by atoms with Crippen molar-refractivity contribution in [3.8, 4) is 0 Å². The lowest BCUT2D eigenvalue weighted by atomic mass is 9.95. The zero-order valence-corrected chi connectivity index (χ0v) is 16.2. The normalized spacial score (nSPS) is 15.4. The Bertz CT molecular complexity index is 662. The highest BCUT2D eigenvalue weighted by atomic mass is 16.2. The molecule has 1 aromatic carbocycles. The smallest absolute Gasteiger partial charge is 0.253 e. The first-order chi connectivity index (χ1) is 12.2. The summed E-state index contributed by atoms with van der Waals surface area (Å²) < 4.78 is 0. The predicted octanol–water partition coefficient (Wildman–Crippen LogP) is 2.04. The molecule has 142 valence electrons. The Morgan fingerprint density at radius 3 is 2.12 bits per heavy atom. The molecule has 0 aromatic heterocycles. The Kier molecular flexibility index (Phi) is 6.40. The van der Waals surface area contributed by atoms with Gasteiger partial charge in [0.15, 0.2) is 0 Å². The third-order valence-corrected chi connectivity index (χ3v) is 4.56. The van der Waals surface area contributed by atoms with E-state index in [9.17, 15) is 14.4 Å². The van der Waals surface area contributed by atoms with E-state index < -0.39 is 5.41 Å². The molecule has 0 radical (unpaired) electrons. The zero-order chi connectivity index (χ0) is 19.3. The number of carbonyl (C=O) groups excluding carboxylic acids is 3. The molecule has 0 aliphatic carbocycles. The monoisotopic (exact) mass is 359 g/mol. The average molecular weight is 359 g/mol. The summed E-state index contributed by atoms with van der Waals surface area (Å²) in [4.78, 5) is 39.7. The fourth-order valence-electron chi connectivity index (χ4n) is 2.83. The van der Waals surface area contributed by atoms with Gasteiger partial charge in [0, 0.05) is 50.6 Å². The van der Waals surface area contributed by atoms with Crippen molar-refractivity contribution in [1.82, 2.24) is 15.1 Å². The molecule has 26 heavy (non-hydrogen) atoms. The van der Waals surface area contributed by atoms with Crippen LogP contribution in [0.1, 0.15) is 50.0 Å². The summed E-state index contributed by atoms with van der Waals surface area (Å²) in [7, 11) is 0. The zero-order valence-electron chi connectivity index (χ0n) is 16.2. The van der Waals surface area contributed by atoms with Gasteiger partial charge in [-0.2, -0.15) is 0 Å². The number of hydrogen-bond donors (Lipinski definition) is 1. The van der Waals surface area contributed by atoms with Crippen LogP contribution in [0, 0.1) is 5.41 Å². The van der Waals surface area contributed by atoms with Crippen LogP contribution in [-0.4, -0.2) is 53.7 Å². The molecular formula is C20H29N3O3. The Morgan fingerprint density at radius 2 is 1.54 bits per heavy atom. The van der Waals surface area contributed by atoms with Gasteiger partial charge >= 0.3 is 0 Å². The van der Waals surface area contributed by atoms with Crippen molar-refractivity contribution in [2.75, 3.05) is 26.2 Å². The minimum Gasteiger partial charge on any atom is -0.352 e. The molecule has 0 atom stereocenters. The van der Waals surface area contributed by atoms with E-state index in [2.05, 4.69) is 5.32 Å². The highest BCUT2D eigenvalue weighted by Gasteiger charge is 2.22. The van der Waals surface area contributed by atoms with E-state index in [-0.39, 0.29) is 17.7 Å². The van der Waals surface area contributed by atoms with Gasteiger partial charge in [-0.25, -0.2) is 0 Å². The van der Waals surface area contributed by atoms with Gasteiger partial charge in [0.1, 0.15) is 0 Å². The first kappa shape index (κ1) is 19.9. The van der Waals surface area contributed by atoms with E-state index in [0.717, 1.165) is 12.0 Å². The van der Waals surface area contributed by atoms with Gasteiger partial charge in [-0.3, -0.25) is 14.4 Å². The van der Waals surface area contributed by atoms with Gasteiger partial charge in [-0.1, -0.05) is 32.9 Å². The van der Waals surface area contributed by atoms with Crippen LogP contribution in [0.25, 0.3) is 0 Å². The molecule has 6 heteroatoms. The number of nitrogens with one attached hydrogen (secondary N) is 1. The molecule has 1 saturated heterocycles. The fraction of sp³-hybridized carbons (Fsp3) is 0.550. The van der Waals surface area contributed by atoms with E-state index in [1.54, 1.807) is 28.9 Å². The molecule has 0 unspecified atom stereocenters. The van der Waals surface area contributed by atoms with Crippen LogP contribution < -0.4 is 5.32 Å². The van der Waals surface area contributed by atoms with Gasteiger partial charge in [0.05, 0.1) is 0 Å². The second-order valence-electron chi connectivity index (χ2n) is 7.78. The number of amides is 3. The van der Waals surface area contributed by atoms with Crippen LogP contribution in [0.5, 0.6) is 0 Å². The van der Waals surface area contributed by atoms with Crippen molar-refractivity contribution in [2.24, 2.45) is 5.41 Å². The summed E-state index contributed by atoms with van der Waals surface area (Å²) in [5.41, 5.74) is 1.17. The third-order valence-electron chi connectivity index (χ3n) is 4.56. The van der Waals surface area contributed by atoms with Gasteiger partial charge < -0.3 is 15.1 Å². The van der Waals surface area contributed by atoms with Crippen molar-refractivity contribution in [1.29, 1.82) is 0 Å². The van der Waals surface area contributed by atoms with Crippen molar-refractivity contribution in [3.63, 3.8) is 0 Å². The van der Waals surface area contributed by atoms with E-state index in [4.69, 9.17) is 0 Å². The Hall–Kier alpha value is -2.37. The van der Waals surface area contributed by atoms with Gasteiger partial charge in [-0.15, -0.1) is 0 Å². The quantitative estimate of drug-likeness (QED) is 0.898. The molecule has 3 amide bonds. The number of rotatable bonds is 3. The Balaban J connectivity index is 1.94. The maximum atomic E-state index is 12.7. The fourth-order valence-corrected chi connectivity index (χ4v) is 2.83. The van der Waals surface area contributed by atoms with Gasteiger partial charge in [-0.05, 0) is 24.1 Å². The molecule has 0 saturated carbocycles. The second-order valence-corrected chi connectivity index (χ2v) is 7.78. The molecule has 1 fully saturated rings. The maximum Gasteiger partial charge on any atom is 0.253 e. The molecular weight excluding hydrogens is 330 g/mol. The van der Waals surface area contributed by atoms with Crippen LogP contribution >= 0.6 is 0 Å². The van der Waals surface area contributed by atoms with Crippen LogP contribution in [-0.2, 0) is 16.1 Å². The summed E-state index contributed by atoms with van der Waals surface area (Å²) in [5.74, 6) is 0.0406. The average Bonchev–Trinajstić information content (AvgIpc) is 2.85. The SMILES string of the molecule is CC(=O)N1CCCN(C(=O)c2ccc(CNC(=O)C(C)(C)C)cc2)CC1. The van der Waals surface area contributed by atoms with E-state index >= 15 is 0 Å². The lowest BCUT2D eigenvalue weighted by molar-refractivity contribution is -0.129. The standard InChI is InChI=1S/C20H29N3O3/c1-15(24)22-10-5-11-23(13-12-22)18(25)17-8-6-16(7-9-17)14-21-19(26)20(2,3)4/h6-9H,5,10-14H2,1-4H3,(H,21,26). The minimum absolute atomic E-state index is 0.00255. The van der Waals surface area contributed by atoms with Crippen molar-refractivity contribution >= 4 is 17.7 Å². The summed E-state index contributed by atoms with van der Waals surface area (Å²) in [6, 6.07) is 7.34. The molecule has 0 spiro atoms. The first-order valence-electron chi connectivity index (χ1n) is 9.10. The number of nitrogens with zero attached hydrogens (tertiary/aromatic N) is 2. The predicted molar refractivity (Wildman–Crippen MR) is 101 cm³/mol. The van der Waals surface area contributed by atoms with Crippen molar-refractivity contribution in [3.05, 3.63) is 35.4 Å². The van der Waals surface area contributed by atoms with Crippen molar-refractivity contribution < 1.29 is 14.4 Å². The first-order valence-corrected chi connectivity index (χ1v) is 9.10. The molecule has 2 rings (SSSR count). The molecule has 1 aliphatic rings.